The molecule has 13 heteroatoms. The van der Waals surface area contributed by atoms with Gasteiger partial charge < -0.3 is 30.5 Å². The number of amides is 1. The Morgan fingerprint density at radius 3 is 2.56 bits per heavy atom. The number of ether oxygens (including phenoxy) is 1. The smallest absolute Gasteiger partial charge is 0.353 e. The maximum atomic E-state index is 14.3. The molecule has 1 saturated heterocycles. The van der Waals surface area contributed by atoms with E-state index in [1.807, 2.05) is 0 Å². The second kappa shape index (κ2) is 10.7. The highest BCUT2D eigenvalue weighted by molar-refractivity contribution is 7.17. The van der Waals surface area contributed by atoms with Crippen molar-refractivity contribution in [1.82, 2.24) is 4.90 Å². The molecule has 1 aliphatic heterocycles. The number of nitrogen functional groups attached to an aromatic ring is 1. The Morgan fingerprint density at radius 1 is 1.22 bits per heavy atom. The van der Waals surface area contributed by atoms with E-state index in [2.05, 4.69) is 0 Å². The zero-order valence-electron chi connectivity index (χ0n) is 19.3. The summed E-state index contributed by atoms with van der Waals surface area (Å²) < 4.78 is 19.4. The van der Waals surface area contributed by atoms with Crippen molar-refractivity contribution in [2.24, 2.45) is 5.73 Å². The fourth-order valence-corrected chi connectivity index (χ4v) is 5.04. The minimum atomic E-state index is -1.26. The summed E-state index contributed by atoms with van der Waals surface area (Å²) in [5.74, 6) is -5.26. The quantitative estimate of drug-likeness (QED) is 0.158. The third-order valence-electron chi connectivity index (χ3n) is 5.82. The summed E-state index contributed by atoms with van der Waals surface area (Å²) in [5, 5.41) is 26.1. The SMILES string of the molecule is C[C@]1(C(=O)N(CCC(=O)O)CC(=O)O)CCCN1c1ccc(C(=O)Oc2ccc(C(=N)N)cc2F)s1. The summed E-state index contributed by atoms with van der Waals surface area (Å²) in [5.41, 5.74) is 4.33. The molecule has 2 heterocycles. The molecule has 0 aliphatic carbocycles. The molecule has 1 aromatic heterocycles. The molecule has 36 heavy (non-hydrogen) atoms. The van der Waals surface area contributed by atoms with Crippen LogP contribution in [0, 0.1) is 11.2 Å². The highest BCUT2D eigenvalue weighted by Gasteiger charge is 2.46. The van der Waals surface area contributed by atoms with E-state index in [0.29, 0.717) is 24.4 Å². The highest BCUT2D eigenvalue weighted by atomic mass is 32.1. The topological polar surface area (TPSA) is 174 Å². The van der Waals surface area contributed by atoms with E-state index in [4.69, 9.17) is 21.0 Å². The van der Waals surface area contributed by atoms with E-state index in [9.17, 15) is 28.7 Å². The number of aliphatic carboxylic acids is 2. The van der Waals surface area contributed by atoms with E-state index < -0.39 is 48.1 Å². The van der Waals surface area contributed by atoms with Crippen LogP contribution >= 0.6 is 11.3 Å². The number of thiophene rings is 1. The van der Waals surface area contributed by atoms with Gasteiger partial charge in [-0.2, -0.15) is 0 Å². The van der Waals surface area contributed by atoms with Gasteiger partial charge in [0.1, 0.15) is 22.8 Å². The molecule has 2 aromatic rings. The summed E-state index contributed by atoms with van der Waals surface area (Å²) >= 11 is 1.03. The molecule has 1 amide bonds. The van der Waals surface area contributed by atoms with Crippen molar-refractivity contribution >= 4 is 46.0 Å². The first-order valence-corrected chi connectivity index (χ1v) is 11.7. The molecule has 5 N–H and O–H groups in total. The van der Waals surface area contributed by atoms with Crippen molar-refractivity contribution in [2.75, 3.05) is 24.5 Å². The van der Waals surface area contributed by atoms with Crippen molar-refractivity contribution in [1.29, 1.82) is 5.41 Å². The van der Waals surface area contributed by atoms with E-state index in [0.717, 1.165) is 22.3 Å². The van der Waals surface area contributed by atoms with Crippen molar-refractivity contribution in [2.45, 2.75) is 31.7 Å². The number of carbonyl (C=O) groups is 4. The molecule has 1 atom stereocenters. The lowest BCUT2D eigenvalue weighted by atomic mass is 9.96. The van der Waals surface area contributed by atoms with Crippen molar-refractivity contribution in [3.05, 3.63) is 46.6 Å². The van der Waals surface area contributed by atoms with Crippen LogP contribution in [-0.4, -0.2) is 69.9 Å². The number of rotatable bonds is 10. The molecule has 0 radical (unpaired) electrons. The van der Waals surface area contributed by atoms with Gasteiger partial charge in [0, 0.05) is 18.7 Å². The van der Waals surface area contributed by atoms with Crippen LogP contribution in [0.5, 0.6) is 5.75 Å². The summed E-state index contributed by atoms with van der Waals surface area (Å²) in [6.45, 7) is 1.23. The average Bonchev–Trinajstić information content (AvgIpc) is 3.44. The van der Waals surface area contributed by atoms with Gasteiger partial charge in [-0.15, -0.1) is 11.3 Å². The van der Waals surface area contributed by atoms with Gasteiger partial charge in [-0.05, 0) is 50.1 Å². The Hall–Kier alpha value is -4.00. The van der Waals surface area contributed by atoms with Crippen molar-refractivity contribution in [3.8, 4) is 5.75 Å². The fraction of sp³-hybridized carbons (Fsp3) is 0.348. The Kier molecular flexibility index (Phi) is 7.93. The van der Waals surface area contributed by atoms with E-state index in [1.165, 1.54) is 18.2 Å². The van der Waals surface area contributed by atoms with E-state index in [-0.39, 0.29) is 28.6 Å². The molecule has 0 unspecified atom stereocenters. The average molecular weight is 521 g/mol. The van der Waals surface area contributed by atoms with Gasteiger partial charge in [0.2, 0.25) is 5.91 Å². The van der Waals surface area contributed by atoms with Gasteiger partial charge in [0.05, 0.1) is 11.4 Å². The molecule has 0 spiro atoms. The first-order valence-electron chi connectivity index (χ1n) is 10.9. The number of amidine groups is 1. The Labute approximate surface area is 209 Å². The molecular weight excluding hydrogens is 495 g/mol. The van der Waals surface area contributed by atoms with Gasteiger partial charge in [-0.25, -0.2) is 9.18 Å². The maximum Gasteiger partial charge on any atom is 0.353 e. The lowest BCUT2D eigenvalue weighted by Gasteiger charge is -2.38. The summed E-state index contributed by atoms with van der Waals surface area (Å²) in [7, 11) is 0. The molecule has 1 aliphatic rings. The van der Waals surface area contributed by atoms with Gasteiger partial charge in [-0.3, -0.25) is 19.8 Å². The monoisotopic (exact) mass is 520 g/mol. The molecule has 0 saturated carbocycles. The summed E-state index contributed by atoms with van der Waals surface area (Å²) in [6.07, 6.45) is 0.627. The zero-order chi connectivity index (χ0) is 26.6. The molecule has 192 valence electrons. The van der Waals surface area contributed by atoms with Gasteiger partial charge >= 0.3 is 17.9 Å². The number of halogens is 1. The van der Waals surface area contributed by atoms with Crippen molar-refractivity contribution in [3.63, 3.8) is 0 Å². The number of nitrogens with one attached hydrogen (secondary N) is 1. The third-order valence-corrected chi connectivity index (χ3v) is 6.90. The van der Waals surface area contributed by atoms with Crippen molar-refractivity contribution < 1.29 is 38.5 Å². The van der Waals surface area contributed by atoms with E-state index in [1.54, 1.807) is 17.9 Å². The number of hydrogen-bond acceptors (Lipinski definition) is 8. The number of nitrogens with zero attached hydrogens (tertiary/aromatic N) is 2. The van der Waals surface area contributed by atoms with E-state index >= 15 is 0 Å². The first kappa shape index (κ1) is 26.6. The van der Waals surface area contributed by atoms with Crippen LogP contribution in [0.1, 0.15) is 41.4 Å². The predicted octanol–water partition coefficient (Wildman–Crippen LogP) is 2.14. The Morgan fingerprint density at radius 2 is 1.94 bits per heavy atom. The van der Waals surface area contributed by atoms with Crippen LogP contribution in [0.4, 0.5) is 9.39 Å². The molecule has 0 bridgehead atoms. The maximum absolute atomic E-state index is 14.3. The normalized spacial score (nSPS) is 17.0. The minimum absolute atomic E-state index is 0.143. The number of carboxylic acid groups (broad SMARTS) is 2. The summed E-state index contributed by atoms with van der Waals surface area (Å²) in [4.78, 5) is 51.2. The molecule has 1 aromatic carbocycles. The lowest BCUT2D eigenvalue weighted by Crippen LogP contribution is -2.56. The van der Waals surface area contributed by atoms with Gasteiger partial charge in [0.15, 0.2) is 11.6 Å². The number of esters is 1. The minimum Gasteiger partial charge on any atom is -0.481 e. The second-order valence-electron chi connectivity index (χ2n) is 8.38. The predicted molar refractivity (Wildman–Crippen MR) is 128 cm³/mol. The third kappa shape index (κ3) is 5.79. The number of benzene rings is 1. The number of carbonyl (C=O) groups excluding carboxylic acids is 2. The van der Waals surface area contributed by atoms with Crippen LogP contribution in [0.3, 0.4) is 0 Å². The van der Waals surface area contributed by atoms with Gasteiger partial charge in [0.25, 0.3) is 0 Å². The number of carboxylic acids is 2. The van der Waals surface area contributed by atoms with Crippen LogP contribution in [0.2, 0.25) is 0 Å². The van der Waals surface area contributed by atoms with Crippen LogP contribution in [0.25, 0.3) is 0 Å². The number of nitrogens with two attached hydrogens (primary N) is 1. The molecule has 1 fully saturated rings. The van der Waals surface area contributed by atoms with Crippen LogP contribution in [-0.2, 0) is 14.4 Å². The highest BCUT2D eigenvalue weighted by Crippen LogP contribution is 2.39. The van der Waals surface area contributed by atoms with Gasteiger partial charge in [-0.1, -0.05) is 0 Å². The Balaban J connectivity index is 1.79. The summed E-state index contributed by atoms with van der Waals surface area (Å²) in [6, 6.07) is 6.63. The van der Waals surface area contributed by atoms with Crippen LogP contribution in [0.15, 0.2) is 30.3 Å². The standard InChI is InChI=1S/C23H25FN4O7S/c1-23(22(34)27(12-19(31)32)10-7-18(29)30)8-2-9-28(23)17-6-5-16(36-17)21(33)35-15-4-3-13(20(25)26)11-14(15)24/h3-6,11H,2,7-10,12H2,1H3,(H3,25,26)(H,29,30)(H,31,32)/t23-/m1/s1. The zero-order valence-corrected chi connectivity index (χ0v) is 20.1. The molecule has 11 nitrogen and oxygen atoms in total. The van der Waals surface area contributed by atoms with Crippen LogP contribution < -0.4 is 15.4 Å². The fourth-order valence-electron chi connectivity index (χ4n) is 4.01. The number of anilines is 1. The second-order valence-corrected chi connectivity index (χ2v) is 9.44. The Bertz CT molecular complexity index is 1220. The molecular formula is C23H25FN4O7S. The lowest BCUT2D eigenvalue weighted by molar-refractivity contribution is -0.148. The number of hydrogen-bond donors (Lipinski definition) is 4. The molecule has 3 rings (SSSR count). The first-order chi connectivity index (χ1) is 16.9. The largest absolute Gasteiger partial charge is 0.481 e.